The second-order valence-electron chi connectivity index (χ2n) is 4.64. The van der Waals surface area contributed by atoms with Gasteiger partial charge in [-0.1, -0.05) is 22.0 Å². The molecule has 18 heavy (non-hydrogen) atoms. The van der Waals surface area contributed by atoms with E-state index in [0.29, 0.717) is 6.54 Å². The van der Waals surface area contributed by atoms with E-state index in [-0.39, 0.29) is 11.7 Å². The number of aliphatic hydroxyl groups is 1. The quantitative estimate of drug-likeness (QED) is 0.897. The molecule has 0 amide bonds. The summed E-state index contributed by atoms with van der Waals surface area (Å²) in [4.78, 5) is 13.0. The van der Waals surface area contributed by atoms with E-state index in [9.17, 15) is 9.90 Å². The van der Waals surface area contributed by atoms with E-state index in [2.05, 4.69) is 20.8 Å². The summed E-state index contributed by atoms with van der Waals surface area (Å²) in [6.45, 7) is 2.40. The first kappa shape index (κ1) is 13.5. The van der Waals surface area contributed by atoms with Crippen LogP contribution in [0.3, 0.4) is 0 Å². The molecule has 0 spiro atoms. The van der Waals surface area contributed by atoms with Gasteiger partial charge in [0.15, 0.2) is 0 Å². The third-order valence-electron chi connectivity index (χ3n) is 3.17. The molecule has 0 radical (unpaired) electrons. The minimum absolute atomic E-state index is 0.240. The van der Waals surface area contributed by atoms with Crippen LogP contribution in [0.2, 0.25) is 0 Å². The average Bonchev–Trinajstić information content (AvgIpc) is 2.31. The fraction of sp³-hybridized carbons (Fsp3) is 0.462. The van der Waals surface area contributed by atoms with Crippen molar-refractivity contribution in [3.05, 3.63) is 33.8 Å². The van der Waals surface area contributed by atoms with Crippen LogP contribution < -0.4 is 0 Å². The van der Waals surface area contributed by atoms with Crippen molar-refractivity contribution in [2.75, 3.05) is 13.1 Å². The van der Waals surface area contributed by atoms with Crippen molar-refractivity contribution in [3.8, 4) is 0 Å². The predicted octanol–water partition coefficient (Wildman–Crippen LogP) is 2.10. The van der Waals surface area contributed by atoms with Crippen molar-refractivity contribution in [3.63, 3.8) is 0 Å². The lowest BCUT2D eigenvalue weighted by molar-refractivity contribution is 0.0667. The first-order valence-electron chi connectivity index (χ1n) is 5.98. The fourth-order valence-corrected chi connectivity index (χ4v) is 2.73. The van der Waals surface area contributed by atoms with Crippen LogP contribution in [0, 0.1) is 0 Å². The summed E-state index contributed by atoms with van der Waals surface area (Å²) in [6, 6.07) is 5.06. The number of hydrogen-bond donors (Lipinski definition) is 2. The number of benzene rings is 1. The number of piperidine rings is 1. The molecule has 4 nitrogen and oxygen atoms in total. The number of halogens is 1. The third kappa shape index (κ3) is 3.31. The van der Waals surface area contributed by atoms with Crippen LogP contribution in [-0.4, -0.2) is 40.3 Å². The lowest BCUT2D eigenvalue weighted by atomic mass is 10.1. The SMILES string of the molecule is O=C(O)c1ccc(CN2CCCC(O)C2)c(Br)c1. The highest BCUT2D eigenvalue weighted by molar-refractivity contribution is 9.10. The van der Waals surface area contributed by atoms with E-state index < -0.39 is 5.97 Å². The van der Waals surface area contributed by atoms with Crippen molar-refractivity contribution < 1.29 is 15.0 Å². The maximum atomic E-state index is 10.8. The largest absolute Gasteiger partial charge is 0.478 e. The van der Waals surface area contributed by atoms with Crippen LogP contribution in [0.15, 0.2) is 22.7 Å². The Hall–Kier alpha value is -0.910. The highest BCUT2D eigenvalue weighted by Gasteiger charge is 2.18. The third-order valence-corrected chi connectivity index (χ3v) is 3.91. The summed E-state index contributed by atoms with van der Waals surface area (Å²) < 4.78 is 0.808. The van der Waals surface area contributed by atoms with Crippen molar-refractivity contribution in [1.82, 2.24) is 4.90 Å². The van der Waals surface area contributed by atoms with E-state index in [4.69, 9.17) is 5.11 Å². The van der Waals surface area contributed by atoms with E-state index >= 15 is 0 Å². The summed E-state index contributed by atoms with van der Waals surface area (Å²) in [7, 11) is 0. The van der Waals surface area contributed by atoms with E-state index in [1.807, 2.05) is 6.07 Å². The molecule has 1 saturated heterocycles. The monoisotopic (exact) mass is 313 g/mol. The molecule has 1 fully saturated rings. The maximum absolute atomic E-state index is 10.8. The molecule has 0 aromatic heterocycles. The van der Waals surface area contributed by atoms with E-state index in [1.165, 1.54) is 0 Å². The number of hydrogen-bond acceptors (Lipinski definition) is 3. The number of carboxylic acid groups (broad SMARTS) is 1. The van der Waals surface area contributed by atoms with E-state index in [1.54, 1.807) is 12.1 Å². The van der Waals surface area contributed by atoms with Gasteiger partial charge < -0.3 is 10.2 Å². The number of carbonyl (C=O) groups is 1. The highest BCUT2D eigenvalue weighted by Crippen LogP contribution is 2.22. The number of aromatic carboxylic acids is 1. The molecule has 1 aliphatic rings. The van der Waals surface area contributed by atoms with Gasteiger partial charge in [-0.2, -0.15) is 0 Å². The zero-order valence-electron chi connectivity index (χ0n) is 9.97. The van der Waals surface area contributed by atoms with Gasteiger partial charge in [-0.15, -0.1) is 0 Å². The molecule has 0 aliphatic carbocycles. The summed E-state index contributed by atoms with van der Waals surface area (Å²) >= 11 is 3.40. The van der Waals surface area contributed by atoms with Gasteiger partial charge >= 0.3 is 5.97 Å². The highest BCUT2D eigenvalue weighted by atomic mass is 79.9. The van der Waals surface area contributed by atoms with Gasteiger partial charge in [0.2, 0.25) is 0 Å². The molecule has 0 bridgehead atoms. The number of aliphatic hydroxyl groups excluding tert-OH is 1. The van der Waals surface area contributed by atoms with Crippen LogP contribution in [0.4, 0.5) is 0 Å². The molecular weight excluding hydrogens is 298 g/mol. The van der Waals surface area contributed by atoms with Gasteiger partial charge in [0, 0.05) is 17.6 Å². The number of β-amino-alcohol motifs (C(OH)–C–C–N with tert-alkyl or cyclic N) is 1. The molecule has 2 rings (SSSR count). The van der Waals surface area contributed by atoms with E-state index in [0.717, 1.165) is 36.0 Å². The van der Waals surface area contributed by atoms with Crippen molar-refractivity contribution >= 4 is 21.9 Å². The van der Waals surface area contributed by atoms with Crippen molar-refractivity contribution in [1.29, 1.82) is 0 Å². The van der Waals surface area contributed by atoms with Crippen LogP contribution in [0.1, 0.15) is 28.8 Å². The predicted molar refractivity (Wildman–Crippen MR) is 71.6 cm³/mol. The minimum Gasteiger partial charge on any atom is -0.478 e. The fourth-order valence-electron chi connectivity index (χ4n) is 2.22. The summed E-state index contributed by atoms with van der Waals surface area (Å²) in [6.07, 6.45) is 1.64. The van der Waals surface area contributed by atoms with Crippen LogP contribution in [0.5, 0.6) is 0 Å². The molecule has 5 heteroatoms. The molecule has 98 valence electrons. The van der Waals surface area contributed by atoms with Crippen molar-refractivity contribution in [2.24, 2.45) is 0 Å². The lowest BCUT2D eigenvalue weighted by Gasteiger charge is -2.30. The van der Waals surface area contributed by atoms with Gasteiger partial charge in [0.05, 0.1) is 11.7 Å². The molecule has 1 unspecified atom stereocenters. The molecule has 1 aliphatic heterocycles. The number of carboxylic acids is 1. The molecule has 2 N–H and O–H groups in total. The topological polar surface area (TPSA) is 60.8 Å². The van der Waals surface area contributed by atoms with Crippen LogP contribution >= 0.6 is 15.9 Å². The van der Waals surface area contributed by atoms with Gasteiger partial charge in [-0.3, -0.25) is 4.90 Å². The smallest absolute Gasteiger partial charge is 0.335 e. The maximum Gasteiger partial charge on any atom is 0.335 e. The number of rotatable bonds is 3. The second kappa shape index (κ2) is 5.82. The van der Waals surface area contributed by atoms with Crippen LogP contribution in [0.25, 0.3) is 0 Å². The molecule has 1 heterocycles. The zero-order chi connectivity index (χ0) is 13.1. The van der Waals surface area contributed by atoms with Crippen LogP contribution in [-0.2, 0) is 6.54 Å². The normalized spacial score (nSPS) is 20.9. The molecule has 1 aromatic rings. The van der Waals surface area contributed by atoms with Crippen molar-refractivity contribution in [2.45, 2.75) is 25.5 Å². The Morgan fingerprint density at radius 3 is 2.89 bits per heavy atom. The first-order chi connectivity index (χ1) is 8.56. The molecule has 0 saturated carbocycles. The van der Waals surface area contributed by atoms with Gasteiger partial charge in [0.1, 0.15) is 0 Å². The lowest BCUT2D eigenvalue weighted by Crippen LogP contribution is -2.37. The van der Waals surface area contributed by atoms with Gasteiger partial charge in [-0.05, 0) is 37.1 Å². The minimum atomic E-state index is -0.921. The molecule has 1 atom stereocenters. The summed E-state index contributed by atoms with van der Waals surface area (Å²) in [5.74, 6) is -0.921. The Kier molecular flexibility index (Phi) is 4.37. The number of nitrogens with zero attached hydrogens (tertiary/aromatic N) is 1. The van der Waals surface area contributed by atoms with Gasteiger partial charge in [0.25, 0.3) is 0 Å². The van der Waals surface area contributed by atoms with Gasteiger partial charge in [-0.25, -0.2) is 4.79 Å². The molecular formula is C13H16BrNO3. The Morgan fingerprint density at radius 1 is 1.50 bits per heavy atom. The summed E-state index contributed by atoms with van der Waals surface area (Å²) in [5.41, 5.74) is 1.33. The number of likely N-dealkylation sites (tertiary alicyclic amines) is 1. The zero-order valence-corrected chi connectivity index (χ0v) is 11.6. The second-order valence-corrected chi connectivity index (χ2v) is 5.50. The standard InChI is InChI=1S/C13H16BrNO3/c14-12-6-9(13(17)18)3-4-10(12)7-15-5-1-2-11(16)8-15/h3-4,6,11,16H,1-2,5,7-8H2,(H,17,18). The molecule has 1 aromatic carbocycles. The average molecular weight is 314 g/mol. The Balaban J connectivity index is 2.07. The Bertz CT molecular complexity index is 450. The Labute approximate surface area is 114 Å². The first-order valence-corrected chi connectivity index (χ1v) is 6.77. The Morgan fingerprint density at radius 2 is 2.28 bits per heavy atom. The summed E-state index contributed by atoms with van der Waals surface area (Å²) in [5, 5.41) is 18.5.